The Bertz CT molecular complexity index is 620. The molecule has 2 rings (SSSR count). The average molecular weight is 270 g/mol. The van der Waals surface area contributed by atoms with E-state index in [-0.39, 0.29) is 5.88 Å². The number of aryl methyl sites for hydroxylation is 1. The monoisotopic (exact) mass is 270 g/mol. The summed E-state index contributed by atoms with van der Waals surface area (Å²) < 4.78 is 26.9. The first-order chi connectivity index (χ1) is 7.96. The average Bonchev–Trinajstić information content (AvgIpc) is 2.59. The van der Waals surface area contributed by atoms with Crippen LogP contribution in [0.15, 0.2) is 24.5 Å². The fourth-order valence-corrected chi connectivity index (χ4v) is 2.57. The molecule has 2 aromatic heterocycles. The number of pyridine rings is 1. The minimum absolute atomic E-state index is 0.143. The van der Waals surface area contributed by atoms with Gasteiger partial charge in [-0.1, -0.05) is 0 Å². The Morgan fingerprint density at radius 1 is 1.29 bits per heavy atom. The van der Waals surface area contributed by atoms with Gasteiger partial charge in [0.1, 0.15) is 5.01 Å². The highest BCUT2D eigenvalue weighted by Gasteiger charge is 2.14. The van der Waals surface area contributed by atoms with Gasteiger partial charge in [0, 0.05) is 18.0 Å². The SMILES string of the molecule is Cc1sc(-c2ccncc2)nc1OS(C)(=O)=O. The fourth-order valence-electron chi connectivity index (χ4n) is 1.22. The molecule has 0 unspecified atom stereocenters. The fraction of sp³-hybridized carbons (Fsp3) is 0.200. The quantitative estimate of drug-likeness (QED) is 0.796. The van der Waals surface area contributed by atoms with Gasteiger partial charge < -0.3 is 4.18 Å². The second-order valence-electron chi connectivity index (χ2n) is 3.40. The van der Waals surface area contributed by atoms with Crippen LogP contribution in [-0.2, 0) is 10.1 Å². The molecule has 0 aliphatic carbocycles. The van der Waals surface area contributed by atoms with Crippen molar-refractivity contribution in [3.8, 4) is 16.5 Å². The van der Waals surface area contributed by atoms with Crippen LogP contribution in [0.3, 0.4) is 0 Å². The van der Waals surface area contributed by atoms with E-state index in [4.69, 9.17) is 4.18 Å². The summed E-state index contributed by atoms with van der Waals surface area (Å²) in [4.78, 5) is 8.79. The molecule has 0 aliphatic heterocycles. The topological polar surface area (TPSA) is 69.2 Å². The molecular weight excluding hydrogens is 260 g/mol. The maximum Gasteiger partial charge on any atom is 0.307 e. The van der Waals surface area contributed by atoms with Crippen LogP contribution in [0.4, 0.5) is 0 Å². The first-order valence-corrected chi connectivity index (χ1v) is 7.36. The molecule has 0 amide bonds. The molecule has 0 N–H and O–H groups in total. The Morgan fingerprint density at radius 2 is 1.94 bits per heavy atom. The van der Waals surface area contributed by atoms with Gasteiger partial charge in [0.15, 0.2) is 0 Å². The predicted octanol–water partition coefficient (Wildman–Crippen LogP) is 1.85. The molecule has 0 aromatic carbocycles. The molecule has 2 aromatic rings. The Labute approximate surface area is 103 Å². The number of thiazole rings is 1. The van der Waals surface area contributed by atoms with E-state index in [1.165, 1.54) is 11.3 Å². The van der Waals surface area contributed by atoms with E-state index >= 15 is 0 Å². The Kier molecular flexibility index (Phi) is 3.12. The molecule has 0 radical (unpaired) electrons. The van der Waals surface area contributed by atoms with Crippen LogP contribution >= 0.6 is 11.3 Å². The third-order valence-corrected chi connectivity index (χ3v) is 3.37. The van der Waals surface area contributed by atoms with Crippen molar-refractivity contribution in [3.63, 3.8) is 0 Å². The summed E-state index contributed by atoms with van der Waals surface area (Å²) in [6.07, 6.45) is 4.31. The van der Waals surface area contributed by atoms with Crippen LogP contribution < -0.4 is 4.18 Å². The van der Waals surface area contributed by atoms with Crippen molar-refractivity contribution in [1.29, 1.82) is 0 Å². The van der Waals surface area contributed by atoms with Gasteiger partial charge in [0.25, 0.3) is 0 Å². The minimum atomic E-state index is -3.54. The van der Waals surface area contributed by atoms with E-state index in [0.29, 0.717) is 5.01 Å². The third kappa shape index (κ3) is 3.01. The van der Waals surface area contributed by atoms with Crippen molar-refractivity contribution in [2.45, 2.75) is 6.92 Å². The van der Waals surface area contributed by atoms with E-state index in [1.54, 1.807) is 19.3 Å². The highest BCUT2D eigenvalue weighted by atomic mass is 32.2. The highest BCUT2D eigenvalue weighted by Crippen LogP contribution is 2.31. The zero-order chi connectivity index (χ0) is 12.5. The van der Waals surface area contributed by atoms with Crippen LogP contribution in [0.25, 0.3) is 10.6 Å². The Hall–Kier alpha value is -1.47. The minimum Gasteiger partial charge on any atom is -0.361 e. The number of rotatable bonds is 3. The van der Waals surface area contributed by atoms with Crippen LogP contribution in [0.5, 0.6) is 5.88 Å². The van der Waals surface area contributed by atoms with Crippen molar-refractivity contribution in [1.82, 2.24) is 9.97 Å². The first kappa shape index (κ1) is 12.0. The molecule has 0 saturated carbocycles. The van der Waals surface area contributed by atoms with Gasteiger partial charge in [-0.3, -0.25) is 4.98 Å². The lowest BCUT2D eigenvalue weighted by molar-refractivity contribution is 0.483. The molecule has 0 saturated heterocycles. The number of hydrogen-bond acceptors (Lipinski definition) is 6. The van der Waals surface area contributed by atoms with E-state index in [2.05, 4.69) is 9.97 Å². The van der Waals surface area contributed by atoms with Crippen molar-refractivity contribution >= 4 is 21.5 Å². The van der Waals surface area contributed by atoms with E-state index in [9.17, 15) is 8.42 Å². The lowest BCUT2D eigenvalue weighted by Crippen LogP contribution is -2.06. The summed E-state index contributed by atoms with van der Waals surface area (Å²) in [5, 5.41) is 0.712. The van der Waals surface area contributed by atoms with Crippen molar-refractivity contribution < 1.29 is 12.6 Å². The van der Waals surface area contributed by atoms with Crippen molar-refractivity contribution in [2.75, 3.05) is 6.26 Å². The largest absolute Gasteiger partial charge is 0.361 e. The molecule has 2 heterocycles. The van der Waals surface area contributed by atoms with E-state index in [0.717, 1.165) is 16.7 Å². The second kappa shape index (κ2) is 4.42. The van der Waals surface area contributed by atoms with Crippen LogP contribution in [0.2, 0.25) is 0 Å². The zero-order valence-corrected chi connectivity index (χ0v) is 10.9. The van der Waals surface area contributed by atoms with Crippen molar-refractivity contribution in [2.24, 2.45) is 0 Å². The van der Waals surface area contributed by atoms with Crippen LogP contribution in [0, 0.1) is 6.92 Å². The maximum atomic E-state index is 11.0. The molecule has 0 fully saturated rings. The molecule has 17 heavy (non-hydrogen) atoms. The lowest BCUT2D eigenvalue weighted by Gasteiger charge is -1.98. The summed E-state index contributed by atoms with van der Waals surface area (Å²) in [6, 6.07) is 3.62. The standard InChI is InChI=1S/C10H10N2O3S2/c1-7-9(15-17(2,13)14)12-10(16-7)8-3-5-11-6-4-8/h3-6H,1-2H3. The summed E-state index contributed by atoms with van der Waals surface area (Å²) >= 11 is 1.38. The smallest absolute Gasteiger partial charge is 0.307 e. The summed E-state index contributed by atoms with van der Waals surface area (Å²) in [6.45, 7) is 1.77. The molecule has 90 valence electrons. The van der Waals surface area contributed by atoms with Gasteiger partial charge in [-0.25, -0.2) is 4.98 Å². The van der Waals surface area contributed by atoms with Gasteiger partial charge >= 0.3 is 10.1 Å². The second-order valence-corrected chi connectivity index (χ2v) is 6.18. The molecule has 0 aliphatic rings. The summed E-state index contributed by atoms with van der Waals surface area (Å²) in [5.41, 5.74) is 0.886. The molecule has 7 heteroatoms. The first-order valence-electron chi connectivity index (χ1n) is 4.73. The van der Waals surface area contributed by atoms with E-state index in [1.807, 2.05) is 12.1 Å². The van der Waals surface area contributed by atoms with Gasteiger partial charge in [0.05, 0.1) is 11.1 Å². The summed E-state index contributed by atoms with van der Waals surface area (Å²) in [5.74, 6) is 0.143. The molecule has 0 spiro atoms. The van der Waals surface area contributed by atoms with Gasteiger partial charge in [0.2, 0.25) is 5.88 Å². The number of nitrogens with zero attached hydrogens (tertiary/aromatic N) is 2. The summed E-state index contributed by atoms with van der Waals surface area (Å²) in [7, 11) is -3.54. The normalized spacial score (nSPS) is 11.4. The Morgan fingerprint density at radius 3 is 2.53 bits per heavy atom. The zero-order valence-electron chi connectivity index (χ0n) is 9.25. The number of hydrogen-bond donors (Lipinski definition) is 0. The number of aromatic nitrogens is 2. The van der Waals surface area contributed by atoms with Gasteiger partial charge in [-0.05, 0) is 19.1 Å². The molecule has 5 nitrogen and oxygen atoms in total. The van der Waals surface area contributed by atoms with Crippen molar-refractivity contribution in [3.05, 3.63) is 29.4 Å². The van der Waals surface area contributed by atoms with Gasteiger partial charge in [-0.15, -0.1) is 11.3 Å². The molecule has 0 atom stereocenters. The van der Waals surface area contributed by atoms with Gasteiger partial charge in [-0.2, -0.15) is 8.42 Å². The highest BCUT2D eigenvalue weighted by molar-refractivity contribution is 7.86. The van der Waals surface area contributed by atoms with Crippen LogP contribution in [0.1, 0.15) is 4.88 Å². The molecular formula is C10H10N2O3S2. The predicted molar refractivity (Wildman–Crippen MR) is 65.6 cm³/mol. The molecule has 0 bridgehead atoms. The van der Waals surface area contributed by atoms with E-state index < -0.39 is 10.1 Å². The van der Waals surface area contributed by atoms with Crippen LogP contribution in [-0.4, -0.2) is 24.6 Å². The third-order valence-electron chi connectivity index (χ3n) is 1.91. The maximum absolute atomic E-state index is 11.0. The Balaban J connectivity index is 2.38. The lowest BCUT2D eigenvalue weighted by atomic mass is 10.3.